The molecule has 1 aromatic carbocycles. The molecule has 98 valence electrons. The monoisotopic (exact) mass is 264 g/mol. The van der Waals surface area contributed by atoms with Crippen molar-refractivity contribution in [3.63, 3.8) is 0 Å². The molecule has 0 saturated carbocycles. The van der Waals surface area contributed by atoms with Gasteiger partial charge in [-0.15, -0.1) is 0 Å². The molecule has 4 N–H and O–H groups in total. The fraction of sp³-hybridized carbons (Fsp3) is 0. The lowest BCUT2D eigenvalue weighted by atomic mass is 10.1. The molecule has 0 aliphatic carbocycles. The molecule has 1 amide bonds. The number of amides is 1. The molecular formula is C15H12N4O. The van der Waals surface area contributed by atoms with E-state index in [4.69, 9.17) is 11.5 Å². The van der Waals surface area contributed by atoms with Gasteiger partial charge in [0.05, 0.1) is 11.3 Å². The topological polar surface area (TPSA) is 94.9 Å². The quantitative estimate of drug-likeness (QED) is 0.739. The van der Waals surface area contributed by atoms with Crippen LogP contribution in [0.1, 0.15) is 10.4 Å². The zero-order valence-electron chi connectivity index (χ0n) is 10.6. The molecule has 0 atom stereocenters. The Morgan fingerprint density at radius 3 is 2.45 bits per heavy atom. The van der Waals surface area contributed by atoms with Gasteiger partial charge in [0.25, 0.3) is 5.91 Å². The molecule has 0 unspecified atom stereocenters. The van der Waals surface area contributed by atoms with Gasteiger partial charge in [-0.25, -0.2) is 9.97 Å². The van der Waals surface area contributed by atoms with E-state index < -0.39 is 5.91 Å². The van der Waals surface area contributed by atoms with Crippen molar-refractivity contribution in [1.82, 2.24) is 9.97 Å². The molecule has 20 heavy (non-hydrogen) atoms. The fourth-order valence-corrected chi connectivity index (χ4v) is 2.03. The van der Waals surface area contributed by atoms with Crippen LogP contribution >= 0.6 is 0 Å². The summed E-state index contributed by atoms with van der Waals surface area (Å²) < 4.78 is 0. The average molecular weight is 264 g/mol. The Bertz CT molecular complexity index is 800. The number of carbonyl (C=O) groups is 1. The molecule has 0 saturated heterocycles. The van der Waals surface area contributed by atoms with Crippen molar-refractivity contribution in [3.8, 4) is 11.3 Å². The Labute approximate surface area is 115 Å². The molecule has 3 aromatic rings. The highest BCUT2D eigenvalue weighted by molar-refractivity contribution is 6.00. The zero-order valence-corrected chi connectivity index (χ0v) is 10.6. The van der Waals surface area contributed by atoms with Gasteiger partial charge in [0.2, 0.25) is 0 Å². The van der Waals surface area contributed by atoms with E-state index in [0.717, 1.165) is 16.6 Å². The predicted molar refractivity (Wildman–Crippen MR) is 77.9 cm³/mol. The summed E-state index contributed by atoms with van der Waals surface area (Å²) in [5.74, 6) is -0.494. The molecule has 2 aromatic heterocycles. The fourth-order valence-electron chi connectivity index (χ4n) is 2.03. The number of benzene rings is 1. The van der Waals surface area contributed by atoms with E-state index >= 15 is 0 Å². The first-order valence-corrected chi connectivity index (χ1v) is 6.07. The van der Waals surface area contributed by atoms with Crippen LogP contribution in [0.2, 0.25) is 0 Å². The van der Waals surface area contributed by atoms with Crippen LogP contribution in [-0.4, -0.2) is 15.9 Å². The van der Waals surface area contributed by atoms with Crippen molar-refractivity contribution in [3.05, 3.63) is 54.1 Å². The van der Waals surface area contributed by atoms with Gasteiger partial charge in [0, 0.05) is 10.9 Å². The van der Waals surface area contributed by atoms with E-state index in [1.54, 1.807) is 6.07 Å². The standard InChI is InChI=1S/C15H12N4O/c16-13-11(14(17)20)8-10-6-7-12(18-15(10)19-13)9-4-2-1-3-5-9/h1-8H,(H2,17,20)(H2,16,18,19). The lowest BCUT2D eigenvalue weighted by Gasteiger charge is -2.05. The van der Waals surface area contributed by atoms with Crippen molar-refractivity contribution in [2.24, 2.45) is 5.73 Å². The Balaban J connectivity index is 2.18. The summed E-state index contributed by atoms with van der Waals surface area (Å²) in [6.45, 7) is 0. The van der Waals surface area contributed by atoms with Gasteiger partial charge in [0.1, 0.15) is 5.82 Å². The summed E-state index contributed by atoms with van der Waals surface area (Å²) in [6.07, 6.45) is 0. The summed E-state index contributed by atoms with van der Waals surface area (Å²) in [7, 11) is 0. The number of anilines is 1. The second-order valence-corrected chi connectivity index (χ2v) is 4.39. The smallest absolute Gasteiger partial charge is 0.252 e. The van der Waals surface area contributed by atoms with Crippen LogP contribution in [0.4, 0.5) is 5.82 Å². The highest BCUT2D eigenvalue weighted by atomic mass is 16.1. The molecule has 0 aliphatic rings. The number of nitrogens with two attached hydrogens (primary N) is 2. The van der Waals surface area contributed by atoms with Crippen LogP contribution in [0.3, 0.4) is 0 Å². The molecule has 0 bridgehead atoms. The molecule has 5 nitrogen and oxygen atoms in total. The summed E-state index contributed by atoms with van der Waals surface area (Å²) in [5.41, 5.74) is 13.5. The molecule has 0 aliphatic heterocycles. The van der Waals surface area contributed by atoms with E-state index in [1.807, 2.05) is 42.5 Å². The van der Waals surface area contributed by atoms with Crippen LogP contribution in [-0.2, 0) is 0 Å². The first kappa shape index (κ1) is 12.1. The van der Waals surface area contributed by atoms with Gasteiger partial charge in [-0.3, -0.25) is 4.79 Å². The maximum Gasteiger partial charge on any atom is 0.252 e. The van der Waals surface area contributed by atoms with Crippen LogP contribution in [0.5, 0.6) is 0 Å². The molecular weight excluding hydrogens is 252 g/mol. The number of pyridine rings is 2. The minimum Gasteiger partial charge on any atom is -0.383 e. The number of carbonyl (C=O) groups excluding carboxylic acids is 1. The van der Waals surface area contributed by atoms with Crippen LogP contribution in [0.15, 0.2) is 48.5 Å². The highest BCUT2D eigenvalue weighted by Gasteiger charge is 2.10. The van der Waals surface area contributed by atoms with Gasteiger partial charge in [-0.05, 0) is 18.2 Å². The summed E-state index contributed by atoms with van der Waals surface area (Å²) in [4.78, 5) is 19.8. The average Bonchev–Trinajstić information content (AvgIpc) is 2.46. The first-order chi connectivity index (χ1) is 9.65. The van der Waals surface area contributed by atoms with Gasteiger partial charge in [0.15, 0.2) is 5.65 Å². The zero-order chi connectivity index (χ0) is 14.1. The summed E-state index contributed by atoms with van der Waals surface area (Å²) in [6, 6.07) is 15.1. The van der Waals surface area contributed by atoms with Crippen LogP contribution in [0, 0.1) is 0 Å². The maximum atomic E-state index is 11.2. The second kappa shape index (κ2) is 4.62. The van der Waals surface area contributed by atoms with Crippen LogP contribution < -0.4 is 11.5 Å². The second-order valence-electron chi connectivity index (χ2n) is 4.39. The molecule has 5 heteroatoms. The van der Waals surface area contributed by atoms with Crippen molar-refractivity contribution in [2.45, 2.75) is 0 Å². The number of fused-ring (bicyclic) bond motifs is 1. The Morgan fingerprint density at radius 2 is 1.75 bits per heavy atom. The van der Waals surface area contributed by atoms with E-state index in [1.165, 1.54) is 0 Å². The van der Waals surface area contributed by atoms with Gasteiger partial charge in [-0.1, -0.05) is 30.3 Å². The minimum absolute atomic E-state index is 0.0997. The van der Waals surface area contributed by atoms with E-state index in [2.05, 4.69) is 9.97 Å². The Hall–Kier alpha value is -2.95. The van der Waals surface area contributed by atoms with Crippen molar-refractivity contribution in [2.75, 3.05) is 5.73 Å². The van der Waals surface area contributed by atoms with Gasteiger partial charge >= 0.3 is 0 Å². The third-order valence-electron chi connectivity index (χ3n) is 3.04. The molecule has 0 spiro atoms. The summed E-state index contributed by atoms with van der Waals surface area (Å²) in [5, 5.41) is 0.729. The predicted octanol–water partition coefficient (Wildman–Crippen LogP) is 1.98. The van der Waals surface area contributed by atoms with Crippen molar-refractivity contribution in [1.29, 1.82) is 0 Å². The number of hydrogen-bond acceptors (Lipinski definition) is 4. The Kier molecular flexibility index (Phi) is 2.80. The normalized spacial score (nSPS) is 10.6. The lowest BCUT2D eigenvalue weighted by Crippen LogP contribution is -2.14. The number of aromatic nitrogens is 2. The first-order valence-electron chi connectivity index (χ1n) is 6.07. The third-order valence-corrected chi connectivity index (χ3v) is 3.04. The molecule has 3 rings (SSSR count). The molecule has 0 radical (unpaired) electrons. The Morgan fingerprint density at radius 1 is 1.00 bits per heavy atom. The number of nitrogen functional groups attached to an aromatic ring is 1. The van der Waals surface area contributed by atoms with E-state index in [0.29, 0.717) is 5.65 Å². The number of nitrogens with zero attached hydrogens (tertiary/aromatic N) is 2. The lowest BCUT2D eigenvalue weighted by molar-refractivity contribution is 0.100. The highest BCUT2D eigenvalue weighted by Crippen LogP contribution is 2.22. The van der Waals surface area contributed by atoms with Gasteiger partial charge < -0.3 is 11.5 Å². The summed E-state index contributed by atoms with van der Waals surface area (Å²) >= 11 is 0. The van der Waals surface area contributed by atoms with Gasteiger partial charge in [-0.2, -0.15) is 0 Å². The SMILES string of the molecule is NC(=O)c1cc2ccc(-c3ccccc3)nc2nc1N. The molecule has 2 heterocycles. The van der Waals surface area contributed by atoms with Crippen molar-refractivity contribution >= 4 is 22.8 Å². The van der Waals surface area contributed by atoms with E-state index in [-0.39, 0.29) is 11.4 Å². The van der Waals surface area contributed by atoms with Crippen LogP contribution in [0.25, 0.3) is 22.3 Å². The number of primary amides is 1. The largest absolute Gasteiger partial charge is 0.383 e. The van der Waals surface area contributed by atoms with E-state index in [9.17, 15) is 4.79 Å². The maximum absolute atomic E-state index is 11.2. The number of rotatable bonds is 2. The third kappa shape index (κ3) is 2.05. The van der Waals surface area contributed by atoms with Crippen molar-refractivity contribution < 1.29 is 4.79 Å². The number of hydrogen-bond donors (Lipinski definition) is 2. The molecule has 0 fully saturated rings. The minimum atomic E-state index is -0.593.